The van der Waals surface area contributed by atoms with Gasteiger partial charge in [-0.25, -0.2) is 0 Å². The van der Waals surface area contributed by atoms with Gasteiger partial charge in [-0.2, -0.15) is 0 Å². The molecule has 0 radical (unpaired) electrons. The molecule has 2 rings (SSSR count). The molecule has 1 atom stereocenters. The second-order valence-corrected chi connectivity index (χ2v) is 4.10. The molecule has 0 aliphatic heterocycles. The van der Waals surface area contributed by atoms with Gasteiger partial charge in [0.2, 0.25) is 0 Å². The molecule has 0 aliphatic carbocycles. The summed E-state index contributed by atoms with van der Waals surface area (Å²) in [6.45, 7) is 0. The number of nitrogens with two attached hydrogens (primary N) is 2. The number of carbonyl (C=O) groups excluding carboxylic acids is 1. The first-order chi connectivity index (χ1) is 8.68. The number of aromatic nitrogens is 1. The lowest BCUT2D eigenvalue weighted by atomic mass is 10.0. The van der Waals surface area contributed by atoms with Crippen LogP contribution in [0, 0.1) is 0 Å². The van der Waals surface area contributed by atoms with Crippen molar-refractivity contribution < 1.29 is 4.79 Å². The van der Waals surface area contributed by atoms with Crippen LogP contribution in [-0.2, 0) is 6.42 Å². The predicted molar refractivity (Wildman–Crippen MR) is 71.1 cm³/mol. The van der Waals surface area contributed by atoms with Crippen LogP contribution in [0.2, 0.25) is 0 Å². The number of ketones is 1. The molecule has 2 aromatic rings. The first-order valence-electron chi connectivity index (χ1n) is 5.72. The van der Waals surface area contributed by atoms with E-state index in [4.69, 9.17) is 11.5 Å². The van der Waals surface area contributed by atoms with E-state index in [1.807, 2.05) is 30.3 Å². The van der Waals surface area contributed by atoms with Crippen molar-refractivity contribution in [3.05, 3.63) is 59.9 Å². The van der Waals surface area contributed by atoms with Crippen LogP contribution in [0.15, 0.2) is 48.7 Å². The standard InChI is InChI=1S/C14H15N3O/c15-11-7-4-8-17-13(11)14(18)12(16)9-10-5-2-1-3-6-10/h1-8,12H,9,15-16H2/t12-/m0/s1. The number of pyridine rings is 1. The SMILES string of the molecule is Nc1cccnc1C(=O)[C@@H](N)Cc1ccccc1. The first kappa shape index (κ1) is 12.3. The van der Waals surface area contributed by atoms with Crippen molar-refractivity contribution in [2.24, 2.45) is 5.73 Å². The van der Waals surface area contributed by atoms with Crippen LogP contribution in [0.5, 0.6) is 0 Å². The zero-order valence-corrected chi connectivity index (χ0v) is 9.91. The molecule has 4 heteroatoms. The van der Waals surface area contributed by atoms with Gasteiger partial charge in [0.15, 0.2) is 5.78 Å². The number of hydrogen-bond acceptors (Lipinski definition) is 4. The van der Waals surface area contributed by atoms with Crippen molar-refractivity contribution in [2.45, 2.75) is 12.5 Å². The monoisotopic (exact) mass is 241 g/mol. The summed E-state index contributed by atoms with van der Waals surface area (Å²) >= 11 is 0. The van der Waals surface area contributed by atoms with E-state index in [-0.39, 0.29) is 11.5 Å². The van der Waals surface area contributed by atoms with Crippen LogP contribution in [-0.4, -0.2) is 16.8 Å². The van der Waals surface area contributed by atoms with Crippen molar-refractivity contribution in [3.63, 3.8) is 0 Å². The van der Waals surface area contributed by atoms with Crippen molar-refractivity contribution in [1.82, 2.24) is 4.98 Å². The van der Waals surface area contributed by atoms with Gasteiger partial charge in [0.25, 0.3) is 0 Å². The summed E-state index contributed by atoms with van der Waals surface area (Å²) in [6.07, 6.45) is 2.02. The lowest BCUT2D eigenvalue weighted by Crippen LogP contribution is -2.33. The second kappa shape index (κ2) is 5.42. The number of benzene rings is 1. The molecule has 4 N–H and O–H groups in total. The highest BCUT2D eigenvalue weighted by Crippen LogP contribution is 2.11. The number of carbonyl (C=O) groups is 1. The molecular weight excluding hydrogens is 226 g/mol. The van der Waals surface area contributed by atoms with E-state index in [0.29, 0.717) is 12.1 Å². The predicted octanol–water partition coefficient (Wildman–Crippen LogP) is 1.42. The van der Waals surface area contributed by atoms with Gasteiger partial charge in [0.05, 0.1) is 11.7 Å². The fourth-order valence-corrected chi connectivity index (χ4v) is 1.76. The molecule has 0 saturated heterocycles. The Morgan fingerprint density at radius 1 is 1.17 bits per heavy atom. The van der Waals surface area contributed by atoms with E-state index >= 15 is 0 Å². The fourth-order valence-electron chi connectivity index (χ4n) is 1.76. The zero-order chi connectivity index (χ0) is 13.0. The molecule has 0 spiro atoms. The minimum Gasteiger partial charge on any atom is -0.397 e. The largest absolute Gasteiger partial charge is 0.397 e. The number of rotatable bonds is 4. The van der Waals surface area contributed by atoms with Crippen LogP contribution in [0.3, 0.4) is 0 Å². The lowest BCUT2D eigenvalue weighted by molar-refractivity contribution is 0.0957. The Labute approximate surface area is 106 Å². The summed E-state index contributed by atoms with van der Waals surface area (Å²) in [7, 11) is 0. The Balaban J connectivity index is 2.13. The van der Waals surface area contributed by atoms with Crippen LogP contribution in [0.25, 0.3) is 0 Å². The molecule has 0 saturated carbocycles. The summed E-state index contributed by atoms with van der Waals surface area (Å²) < 4.78 is 0. The molecule has 1 aromatic heterocycles. The Morgan fingerprint density at radius 3 is 2.56 bits per heavy atom. The molecule has 0 aliphatic rings. The summed E-state index contributed by atoms with van der Waals surface area (Å²) in [6, 6.07) is 12.4. The number of Topliss-reactive ketones (excluding diaryl/α,β-unsaturated/α-hetero) is 1. The molecule has 0 amide bonds. The van der Waals surface area contributed by atoms with E-state index in [1.165, 1.54) is 0 Å². The molecule has 0 bridgehead atoms. The average Bonchev–Trinajstić information content (AvgIpc) is 2.39. The summed E-state index contributed by atoms with van der Waals surface area (Å²) in [5.74, 6) is -0.225. The first-order valence-corrected chi connectivity index (χ1v) is 5.72. The average molecular weight is 241 g/mol. The highest BCUT2D eigenvalue weighted by Gasteiger charge is 2.19. The Morgan fingerprint density at radius 2 is 1.89 bits per heavy atom. The van der Waals surface area contributed by atoms with Gasteiger partial charge >= 0.3 is 0 Å². The number of nitrogen functional groups attached to an aromatic ring is 1. The van der Waals surface area contributed by atoms with Crippen LogP contribution in [0.4, 0.5) is 5.69 Å². The third-order valence-electron chi connectivity index (χ3n) is 2.71. The summed E-state index contributed by atoms with van der Waals surface area (Å²) in [5.41, 5.74) is 13.3. The molecule has 92 valence electrons. The molecule has 0 unspecified atom stereocenters. The van der Waals surface area contributed by atoms with E-state index in [2.05, 4.69) is 4.98 Å². The van der Waals surface area contributed by atoms with Gasteiger partial charge in [0, 0.05) is 6.20 Å². The van der Waals surface area contributed by atoms with Gasteiger partial charge in [-0.3, -0.25) is 9.78 Å². The van der Waals surface area contributed by atoms with Crippen molar-refractivity contribution in [3.8, 4) is 0 Å². The number of anilines is 1. The van der Waals surface area contributed by atoms with Gasteiger partial charge in [-0.15, -0.1) is 0 Å². The van der Waals surface area contributed by atoms with E-state index < -0.39 is 6.04 Å². The quantitative estimate of drug-likeness (QED) is 0.793. The maximum atomic E-state index is 12.1. The summed E-state index contributed by atoms with van der Waals surface area (Å²) in [4.78, 5) is 16.1. The maximum Gasteiger partial charge on any atom is 0.200 e. The highest BCUT2D eigenvalue weighted by molar-refractivity contribution is 6.02. The van der Waals surface area contributed by atoms with Gasteiger partial charge in [0.1, 0.15) is 5.69 Å². The summed E-state index contributed by atoms with van der Waals surface area (Å²) in [5, 5.41) is 0. The smallest absolute Gasteiger partial charge is 0.200 e. The van der Waals surface area contributed by atoms with Gasteiger partial charge < -0.3 is 11.5 Å². The molecule has 1 aromatic carbocycles. The Bertz CT molecular complexity index is 540. The van der Waals surface area contributed by atoms with Gasteiger partial charge in [-0.05, 0) is 24.1 Å². The Kier molecular flexibility index (Phi) is 3.69. The van der Waals surface area contributed by atoms with Crippen molar-refractivity contribution in [2.75, 3.05) is 5.73 Å². The molecule has 4 nitrogen and oxygen atoms in total. The normalized spacial score (nSPS) is 12.1. The zero-order valence-electron chi connectivity index (χ0n) is 9.91. The topological polar surface area (TPSA) is 82.0 Å². The highest BCUT2D eigenvalue weighted by atomic mass is 16.1. The van der Waals surface area contributed by atoms with Crippen LogP contribution in [0.1, 0.15) is 16.1 Å². The van der Waals surface area contributed by atoms with Gasteiger partial charge in [-0.1, -0.05) is 30.3 Å². The van der Waals surface area contributed by atoms with Crippen LogP contribution < -0.4 is 11.5 Å². The minimum absolute atomic E-state index is 0.225. The van der Waals surface area contributed by atoms with E-state index in [1.54, 1.807) is 18.3 Å². The van der Waals surface area contributed by atoms with Crippen molar-refractivity contribution in [1.29, 1.82) is 0 Å². The van der Waals surface area contributed by atoms with E-state index in [9.17, 15) is 4.79 Å². The third kappa shape index (κ3) is 2.73. The number of hydrogen-bond donors (Lipinski definition) is 2. The second-order valence-electron chi connectivity index (χ2n) is 4.10. The van der Waals surface area contributed by atoms with Crippen molar-refractivity contribution >= 4 is 11.5 Å². The third-order valence-corrected chi connectivity index (χ3v) is 2.71. The van der Waals surface area contributed by atoms with E-state index in [0.717, 1.165) is 5.56 Å². The molecular formula is C14H15N3O. The minimum atomic E-state index is -0.621. The fraction of sp³-hybridized carbons (Fsp3) is 0.143. The van der Waals surface area contributed by atoms with Crippen LogP contribution >= 0.6 is 0 Å². The maximum absolute atomic E-state index is 12.1. The molecule has 0 fully saturated rings. The molecule has 18 heavy (non-hydrogen) atoms. The lowest BCUT2D eigenvalue weighted by Gasteiger charge is -2.11. The number of nitrogens with zero attached hydrogens (tertiary/aromatic N) is 1. The molecule has 1 heterocycles. The Hall–Kier alpha value is -2.20.